The first-order chi connectivity index (χ1) is 11.6. The van der Waals surface area contributed by atoms with Gasteiger partial charge in [0.1, 0.15) is 5.75 Å². The Balaban J connectivity index is 1.69. The van der Waals surface area contributed by atoms with Crippen LogP contribution in [0, 0.1) is 0 Å². The molecule has 132 valence electrons. The first kappa shape index (κ1) is 18.2. The molecule has 1 N–H and O–H groups in total. The van der Waals surface area contributed by atoms with Crippen LogP contribution in [0.2, 0.25) is 0 Å². The fraction of sp³-hybridized carbons (Fsp3) is 0.529. The number of benzene rings is 1. The zero-order valence-corrected chi connectivity index (χ0v) is 14.3. The van der Waals surface area contributed by atoms with E-state index < -0.39 is 0 Å². The molecule has 1 fully saturated rings. The second kappa shape index (κ2) is 9.24. The largest absolute Gasteiger partial charge is 0.497 e. The van der Waals surface area contributed by atoms with Crippen LogP contribution in [0.15, 0.2) is 24.3 Å². The van der Waals surface area contributed by atoms with Crippen LogP contribution < -0.4 is 10.1 Å². The highest BCUT2D eigenvalue weighted by molar-refractivity contribution is 5.90. The molecule has 0 saturated carbocycles. The van der Waals surface area contributed by atoms with E-state index in [0.29, 0.717) is 45.8 Å². The molecule has 0 unspecified atom stereocenters. The summed E-state index contributed by atoms with van der Waals surface area (Å²) in [6, 6.07) is 7.18. The van der Waals surface area contributed by atoms with Gasteiger partial charge in [-0.05, 0) is 31.3 Å². The average molecular weight is 335 g/mol. The molecule has 1 saturated heterocycles. The van der Waals surface area contributed by atoms with Crippen molar-refractivity contribution in [3.63, 3.8) is 0 Å². The summed E-state index contributed by atoms with van der Waals surface area (Å²) in [5.74, 6) is 0.747. The minimum atomic E-state index is -0.0779. The number of nitrogens with zero attached hydrogens (tertiary/aromatic N) is 2. The molecule has 0 atom stereocenters. The van der Waals surface area contributed by atoms with Gasteiger partial charge in [0.05, 0.1) is 26.9 Å². The van der Waals surface area contributed by atoms with Crippen molar-refractivity contribution in [1.82, 2.24) is 9.80 Å². The number of carbonyl (C=O) groups excluding carboxylic acids is 2. The van der Waals surface area contributed by atoms with Gasteiger partial charge in [-0.1, -0.05) is 0 Å². The molecule has 0 bridgehead atoms. The number of hydrogen-bond donors (Lipinski definition) is 1. The fourth-order valence-electron chi connectivity index (χ4n) is 2.41. The molecular weight excluding hydrogens is 310 g/mol. The van der Waals surface area contributed by atoms with Crippen molar-refractivity contribution in [2.24, 2.45) is 0 Å². The van der Waals surface area contributed by atoms with E-state index in [0.717, 1.165) is 11.4 Å². The van der Waals surface area contributed by atoms with E-state index >= 15 is 0 Å². The number of amides is 2. The van der Waals surface area contributed by atoms with Crippen LogP contribution in [-0.4, -0.2) is 75.2 Å². The number of morpholine rings is 1. The standard InChI is InChI=1S/C17H25N3O4/c1-19(13-17(22)20-9-11-24-12-10-20)8-7-16(21)18-14-3-5-15(23-2)6-4-14/h3-6H,7-13H2,1-2H3,(H,18,21). The van der Waals surface area contributed by atoms with E-state index in [1.165, 1.54) is 0 Å². The van der Waals surface area contributed by atoms with E-state index in [1.807, 2.05) is 11.9 Å². The maximum Gasteiger partial charge on any atom is 0.236 e. The van der Waals surface area contributed by atoms with Crippen molar-refractivity contribution in [1.29, 1.82) is 0 Å². The molecular formula is C17H25N3O4. The zero-order chi connectivity index (χ0) is 17.4. The monoisotopic (exact) mass is 335 g/mol. The highest BCUT2D eigenvalue weighted by Gasteiger charge is 2.18. The third kappa shape index (κ3) is 5.82. The van der Waals surface area contributed by atoms with Gasteiger partial charge in [0.2, 0.25) is 11.8 Å². The van der Waals surface area contributed by atoms with Gasteiger partial charge in [-0.25, -0.2) is 0 Å². The fourth-order valence-corrected chi connectivity index (χ4v) is 2.41. The number of likely N-dealkylation sites (N-methyl/N-ethyl adjacent to an activating group) is 1. The molecule has 1 aromatic rings. The first-order valence-electron chi connectivity index (χ1n) is 8.06. The first-order valence-corrected chi connectivity index (χ1v) is 8.06. The number of nitrogens with one attached hydrogen (secondary N) is 1. The summed E-state index contributed by atoms with van der Waals surface area (Å²) < 4.78 is 10.3. The van der Waals surface area contributed by atoms with Crippen molar-refractivity contribution < 1.29 is 19.1 Å². The van der Waals surface area contributed by atoms with Crippen molar-refractivity contribution in [2.75, 3.05) is 58.9 Å². The topological polar surface area (TPSA) is 71.1 Å². The van der Waals surface area contributed by atoms with Crippen LogP contribution in [0.3, 0.4) is 0 Å². The Morgan fingerprint density at radius 3 is 2.54 bits per heavy atom. The third-order valence-electron chi connectivity index (χ3n) is 3.86. The van der Waals surface area contributed by atoms with Crippen molar-refractivity contribution >= 4 is 17.5 Å². The zero-order valence-electron chi connectivity index (χ0n) is 14.3. The number of methoxy groups -OCH3 is 1. The van der Waals surface area contributed by atoms with Gasteiger partial charge in [0.25, 0.3) is 0 Å². The summed E-state index contributed by atoms with van der Waals surface area (Å²) in [5, 5.41) is 2.83. The van der Waals surface area contributed by atoms with Crippen LogP contribution in [0.4, 0.5) is 5.69 Å². The summed E-state index contributed by atoms with van der Waals surface area (Å²) in [7, 11) is 3.45. The third-order valence-corrected chi connectivity index (χ3v) is 3.86. The smallest absolute Gasteiger partial charge is 0.236 e. The molecule has 0 aliphatic carbocycles. The van der Waals surface area contributed by atoms with Crippen LogP contribution >= 0.6 is 0 Å². The summed E-state index contributed by atoms with van der Waals surface area (Å²) in [6.45, 7) is 3.32. The average Bonchev–Trinajstić information content (AvgIpc) is 2.61. The molecule has 0 aromatic heterocycles. The Morgan fingerprint density at radius 1 is 1.25 bits per heavy atom. The molecule has 1 heterocycles. The SMILES string of the molecule is COc1ccc(NC(=O)CCN(C)CC(=O)N2CCOCC2)cc1. The Kier molecular flexibility index (Phi) is 7.02. The molecule has 0 spiro atoms. The predicted molar refractivity (Wildman–Crippen MR) is 91.1 cm³/mol. The van der Waals surface area contributed by atoms with Gasteiger partial charge < -0.3 is 19.7 Å². The number of rotatable bonds is 7. The molecule has 1 aliphatic heterocycles. The number of carbonyl (C=O) groups is 2. The maximum atomic E-state index is 12.1. The van der Waals surface area contributed by atoms with E-state index in [2.05, 4.69) is 5.32 Å². The normalized spacial score (nSPS) is 14.5. The minimum Gasteiger partial charge on any atom is -0.497 e. The summed E-state index contributed by atoms with van der Waals surface area (Å²) in [4.78, 5) is 27.8. The second-order valence-electron chi connectivity index (χ2n) is 5.76. The van der Waals surface area contributed by atoms with E-state index in [-0.39, 0.29) is 11.8 Å². The number of ether oxygens (including phenoxy) is 2. The van der Waals surface area contributed by atoms with E-state index in [4.69, 9.17) is 9.47 Å². The van der Waals surface area contributed by atoms with E-state index in [9.17, 15) is 9.59 Å². The lowest BCUT2D eigenvalue weighted by Crippen LogP contribution is -2.45. The molecule has 2 rings (SSSR count). The van der Waals surface area contributed by atoms with E-state index in [1.54, 1.807) is 36.3 Å². The number of hydrogen-bond acceptors (Lipinski definition) is 5. The second-order valence-corrected chi connectivity index (χ2v) is 5.76. The summed E-state index contributed by atoms with van der Waals surface area (Å²) >= 11 is 0. The quantitative estimate of drug-likeness (QED) is 0.799. The highest BCUT2D eigenvalue weighted by atomic mass is 16.5. The van der Waals surface area contributed by atoms with Gasteiger partial charge in [0.15, 0.2) is 0 Å². The van der Waals surface area contributed by atoms with Crippen molar-refractivity contribution in [3.05, 3.63) is 24.3 Å². The van der Waals surface area contributed by atoms with Crippen LogP contribution in [-0.2, 0) is 14.3 Å². The molecule has 0 radical (unpaired) electrons. The van der Waals surface area contributed by atoms with Gasteiger partial charge in [-0.3, -0.25) is 14.5 Å². The Morgan fingerprint density at radius 2 is 1.92 bits per heavy atom. The maximum absolute atomic E-state index is 12.1. The molecule has 2 amide bonds. The highest BCUT2D eigenvalue weighted by Crippen LogP contribution is 2.15. The van der Waals surface area contributed by atoms with Gasteiger partial charge in [0, 0.05) is 31.7 Å². The molecule has 24 heavy (non-hydrogen) atoms. The van der Waals surface area contributed by atoms with Gasteiger partial charge in [-0.2, -0.15) is 0 Å². The Bertz CT molecular complexity index is 541. The van der Waals surface area contributed by atoms with Gasteiger partial charge in [-0.15, -0.1) is 0 Å². The minimum absolute atomic E-state index is 0.0779. The lowest BCUT2D eigenvalue weighted by atomic mass is 10.3. The lowest BCUT2D eigenvalue weighted by Gasteiger charge is -2.28. The predicted octanol–water partition coefficient (Wildman–Crippen LogP) is 0.814. The molecule has 7 nitrogen and oxygen atoms in total. The summed E-state index contributed by atoms with van der Waals surface area (Å²) in [6.07, 6.45) is 0.332. The lowest BCUT2D eigenvalue weighted by molar-refractivity contribution is -0.136. The number of anilines is 1. The van der Waals surface area contributed by atoms with Crippen molar-refractivity contribution in [3.8, 4) is 5.75 Å². The van der Waals surface area contributed by atoms with Crippen molar-refractivity contribution in [2.45, 2.75) is 6.42 Å². The Hall–Kier alpha value is -2.12. The van der Waals surface area contributed by atoms with Crippen LogP contribution in [0.25, 0.3) is 0 Å². The Labute approximate surface area is 142 Å². The molecule has 7 heteroatoms. The molecule has 1 aromatic carbocycles. The molecule has 1 aliphatic rings. The van der Waals surface area contributed by atoms with Crippen LogP contribution in [0.5, 0.6) is 5.75 Å². The van der Waals surface area contributed by atoms with Crippen LogP contribution in [0.1, 0.15) is 6.42 Å². The summed E-state index contributed by atoms with van der Waals surface area (Å²) in [5.41, 5.74) is 0.729. The van der Waals surface area contributed by atoms with Gasteiger partial charge >= 0.3 is 0 Å².